The van der Waals surface area contributed by atoms with Gasteiger partial charge in [0.15, 0.2) is 5.67 Å². The molecule has 0 radical (unpaired) electrons. The summed E-state index contributed by atoms with van der Waals surface area (Å²) in [5, 5.41) is 2.53. The Morgan fingerprint density at radius 1 is 1.11 bits per heavy atom. The van der Waals surface area contributed by atoms with E-state index in [1.807, 2.05) is 0 Å². The second-order valence-corrected chi connectivity index (χ2v) is 6.66. The van der Waals surface area contributed by atoms with Crippen LogP contribution in [0.1, 0.15) is 5.56 Å². The van der Waals surface area contributed by atoms with Crippen LogP contribution in [0, 0.1) is 11.6 Å². The molecule has 2 fully saturated rings. The molecule has 0 bridgehead atoms. The normalized spacial score (nSPS) is 17.9. The van der Waals surface area contributed by atoms with Crippen LogP contribution in [-0.4, -0.2) is 43.3 Å². The molecule has 0 aliphatic carbocycles. The molecule has 2 aromatic carbocycles. The third kappa shape index (κ3) is 3.12. The molecule has 0 unspecified atom stereocenters. The standard InChI is InChI=1S/C19H16F3N3O3/c20-14-4-2-1-3-13(14)19(22)10-24(11-19)17(26)23-12-5-6-15(21)16(9-12)25-7-8-28-18(25)27/h1-6,9H,7-8,10-11H2,(H,23,26). The first-order chi connectivity index (χ1) is 13.4. The number of hydrogen-bond acceptors (Lipinski definition) is 3. The van der Waals surface area contributed by atoms with E-state index < -0.39 is 29.4 Å². The molecule has 3 amide bonds. The molecule has 2 aliphatic heterocycles. The number of hydrogen-bond donors (Lipinski definition) is 1. The monoisotopic (exact) mass is 391 g/mol. The van der Waals surface area contributed by atoms with E-state index in [1.54, 1.807) is 0 Å². The van der Waals surface area contributed by atoms with Crippen LogP contribution in [0.15, 0.2) is 42.5 Å². The zero-order chi connectivity index (χ0) is 19.9. The Kier molecular flexibility index (Phi) is 4.37. The third-order valence-electron chi connectivity index (χ3n) is 4.78. The number of benzene rings is 2. The Hall–Kier alpha value is -3.23. The zero-order valence-electron chi connectivity index (χ0n) is 14.6. The number of halogens is 3. The number of anilines is 2. The fraction of sp³-hybridized carbons (Fsp3) is 0.263. The van der Waals surface area contributed by atoms with Gasteiger partial charge in [-0.15, -0.1) is 0 Å². The highest BCUT2D eigenvalue weighted by Crippen LogP contribution is 2.37. The van der Waals surface area contributed by atoms with E-state index >= 15 is 0 Å². The van der Waals surface area contributed by atoms with Crippen molar-refractivity contribution in [1.29, 1.82) is 0 Å². The lowest BCUT2D eigenvalue weighted by atomic mass is 9.88. The lowest BCUT2D eigenvalue weighted by Crippen LogP contribution is -2.60. The average molecular weight is 391 g/mol. The van der Waals surface area contributed by atoms with Crippen LogP contribution in [0.2, 0.25) is 0 Å². The van der Waals surface area contributed by atoms with E-state index in [-0.39, 0.29) is 43.2 Å². The number of cyclic esters (lactones) is 1. The Balaban J connectivity index is 1.44. The van der Waals surface area contributed by atoms with Crippen molar-refractivity contribution >= 4 is 23.5 Å². The Morgan fingerprint density at radius 3 is 2.54 bits per heavy atom. The minimum Gasteiger partial charge on any atom is -0.447 e. The topological polar surface area (TPSA) is 61.9 Å². The van der Waals surface area contributed by atoms with Gasteiger partial charge in [0.25, 0.3) is 0 Å². The number of amides is 3. The summed E-state index contributed by atoms with van der Waals surface area (Å²) in [6.45, 7) is -0.248. The van der Waals surface area contributed by atoms with Crippen LogP contribution in [0.3, 0.4) is 0 Å². The highest BCUT2D eigenvalue weighted by molar-refractivity contribution is 5.93. The molecule has 2 aromatic rings. The summed E-state index contributed by atoms with van der Waals surface area (Å²) >= 11 is 0. The molecule has 1 N–H and O–H groups in total. The van der Waals surface area contributed by atoms with Crippen molar-refractivity contribution in [3.8, 4) is 0 Å². The summed E-state index contributed by atoms with van der Waals surface area (Å²) in [5.41, 5.74) is -1.82. The van der Waals surface area contributed by atoms with Crippen LogP contribution in [0.25, 0.3) is 0 Å². The number of likely N-dealkylation sites (tertiary alicyclic amines) is 1. The van der Waals surface area contributed by atoms with Crippen molar-refractivity contribution in [2.75, 3.05) is 36.5 Å². The van der Waals surface area contributed by atoms with E-state index in [9.17, 15) is 22.8 Å². The van der Waals surface area contributed by atoms with E-state index in [2.05, 4.69) is 5.32 Å². The predicted octanol–water partition coefficient (Wildman–Crippen LogP) is 3.63. The van der Waals surface area contributed by atoms with Gasteiger partial charge in [-0.2, -0.15) is 0 Å². The van der Waals surface area contributed by atoms with Crippen LogP contribution < -0.4 is 10.2 Å². The molecule has 9 heteroatoms. The van der Waals surface area contributed by atoms with Gasteiger partial charge in [0, 0.05) is 11.3 Å². The highest BCUT2D eigenvalue weighted by Gasteiger charge is 2.48. The van der Waals surface area contributed by atoms with Gasteiger partial charge in [-0.1, -0.05) is 18.2 Å². The molecule has 146 valence electrons. The minimum absolute atomic E-state index is 0.0184. The molecule has 6 nitrogen and oxygen atoms in total. The zero-order valence-corrected chi connectivity index (χ0v) is 14.6. The van der Waals surface area contributed by atoms with Crippen LogP contribution in [-0.2, 0) is 10.4 Å². The summed E-state index contributed by atoms with van der Waals surface area (Å²) in [7, 11) is 0. The van der Waals surface area contributed by atoms with Crippen molar-refractivity contribution < 1.29 is 27.5 Å². The quantitative estimate of drug-likeness (QED) is 0.869. The number of urea groups is 1. The van der Waals surface area contributed by atoms with Gasteiger partial charge in [-0.05, 0) is 24.3 Å². The summed E-state index contributed by atoms with van der Waals surface area (Å²) in [6, 6.07) is 8.67. The summed E-state index contributed by atoms with van der Waals surface area (Å²) in [6.07, 6.45) is -0.669. The van der Waals surface area contributed by atoms with E-state index in [1.165, 1.54) is 41.3 Å². The molecule has 0 atom stereocenters. The van der Waals surface area contributed by atoms with Gasteiger partial charge in [0.2, 0.25) is 0 Å². The summed E-state index contributed by atoms with van der Waals surface area (Å²) in [4.78, 5) is 26.3. The molecular formula is C19H16F3N3O3. The largest absolute Gasteiger partial charge is 0.447 e. The van der Waals surface area contributed by atoms with Gasteiger partial charge in [0.05, 0.1) is 25.3 Å². The van der Waals surface area contributed by atoms with Crippen LogP contribution in [0.4, 0.5) is 34.1 Å². The maximum atomic E-state index is 14.8. The summed E-state index contributed by atoms with van der Waals surface area (Å²) < 4.78 is 47.5. The van der Waals surface area contributed by atoms with Gasteiger partial charge in [-0.25, -0.2) is 22.8 Å². The molecule has 0 aromatic heterocycles. The van der Waals surface area contributed by atoms with Gasteiger partial charge in [0.1, 0.15) is 18.2 Å². The Bertz CT molecular complexity index is 947. The molecular weight excluding hydrogens is 375 g/mol. The first kappa shape index (κ1) is 18.1. The molecule has 0 spiro atoms. The first-order valence-electron chi connectivity index (χ1n) is 8.61. The van der Waals surface area contributed by atoms with Gasteiger partial charge < -0.3 is 15.0 Å². The number of ether oxygens (including phenoxy) is 1. The van der Waals surface area contributed by atoms with Crippen LogP contribution in [0.5, 0.6) is 0 Å². The minimum atomic E-state index is -1.95. The summed E-state index contributed by atoms with van der Waals surface area (Å²) in [5.74, 6) is -1.30. The highest BCUT2D eigenvalue weighted by atomic mass is 19.2. The number of nitrogens with zero attached hydrogens (tertiary/aromatic N) is 2. The van der Waals surface area contributed by atoms with Crippen molar-refractivity contribution in [2.45, 2.75) is 5.67 Å². The molecule has 4 rings (SSSR count). The number of carbonyl (C=O) groups is 2. The molecule has 2 aliphatic rings. The van der Waals surface area contributed by atoms with Gasteiger partial charge in [-0.3, -0.25) is 4.90 Å². The third-order valence-corrected chi connectivity index (χ3v) is 4.78. The van der Waals surface area contributed by atoms with E-state index in [0.717, 1.165) is 11.0 Å². The van der Waals surface area contributed by atoms with Crippen molar-refractivity contribution in [1.82, 2.24) is 4.90 Å². The van der Waals surface area contributed by atoms with Crippen molar-refractivity contribution in [3.05, 3.63) is 59.7 Å². The Labute approximate surface area is 158 Å². The average Bonchev–Trinajstić information content (AvgIpc) is 3.07. The van der Waals surface area contributed by atoms with Crippen molar-refractivity contribution in [2.24, 2.45) is 0 Å². The predicted molar refractivity (Wildman–Crippen MR) is 94.9 cm³/mol. The molecule has 28 heavy (non-hydrogen) atoms. The maximum absolute atomic E-state index is 14.8. The number of carbonyl (C=O) groups excluding carboxylic acids is 2. The fourth-order valence-corrected chi connectivity index (χ4v) is 3.31. The van der Waals surface area contributed by atoms with Gasteiger partial charge >= 0.3 is 12.1 Å². The second-order valence-electron chi connectivity index (χ2n) is 6.66. The fourth-order valence-electron chi connectivity index (χ4n) is 3.31. The molecule has 0 saturated carbocycles. The molecule has 2 saturated heterocycles. The molecule has 2 heterocycles. The maximum Gasteiger partial charge on any atom is 0.414 e. The van der Waals surface area contributed by atoms with Crippen LogP contribution >= 0.6 is 0 Å². The number of alkyl halides is 1. The second kappa shape index (κ2) is 6.74. The first-order valence-corrected chi connectivity index (χ1v) is 8.61. The SMILES string of the molecule is O=C(Nc1ccc(F)c(N2CCOC2=O)c1)N1CC(F)(c2ccccc2F)C1. The lowest BCUT2D eigenvalue weighted by Gasteiger charge is -2.44. The smallest absolute Gasteiger partial charge is 0.414 e. The van der Waals surface area contributed by atoms with E-state index in [4.69, 9.17) is 4.74 Å². The van der Waals surface area contributed by atoms with Crippen molar-refractivity contribution in [3.63, 3.8) is 0 Å². The van der Waals surface area contributed by atoms with E-state index in [0.29, 0.717) is 0 Å². The lowest BCUT2D eigenvalue weighted by molar-refractivity contribution is -0.00795. The Morgan fingerprint density at radius 2 is 1.86 bits per heavy atom. The number of nitrogens with one attached hydrogen (secondary N) is 1. The number of rotatable bonds is 3.